The molecule has 0 N–H and O–H groups in total. The summed E-state index contributed by atoms with van der Waals surface area (Å²) in [5, 5.41) is 5.03. The third-order valence-corrected chi connectivity index (χ3v) is 17.5. The van der Waals surface area contributed by atoms with Crippen LogP contribution in [-0.4, -0.2) is 19.1 Å². The monoisotopic (exact) mass is 924 g/mol. The van der Waals surface area contributed by atoms with Crippen LogP contribution in [0.4, 0.5) is 0 Å². The van der Waals surface area contributed by atoms with Crippen LogP contribution in [0.1, 0.15) is 86.8 Å². The molecule has 0 saturated heterocycles. The lowest BCUT2D eigenvalue weighted by atomic mass is 9.72. The summed E-state index contributed by atoms with van der Waals surface area (Å²) < 4.78 is 4.85. The fraction of sp³-hybridized carbons (Fsp3) is 0.147. The average molecular weight is 925 g/mol. The molecule has 2 unspecified atom stereocenters. The second-order valence-corrected chi connectivity index (χ2v) is 21.9. The highest BCUT2D eigenvalue weighted by atomic mass is 15.0. The van der Waals surface area contributed by atoms with E-state index >= 15 is 0 Å². The van der Waals surface area contributed by atoms with Gasteiger partial charge < -0.3 is 9.13 Å². The van der Waals surface area contributed by atoms with Crippen molar-refractivity contribution in [2.24, 2.45) is 0 Å². The van der Waals surface area contributed by atoms with Crippen molar-refractivity contribution >= 4 is 43.6 Å². The van der Waals surface area contributed by atoms with E-state index in [1.54, 1.807) is 0 Å². The minimum absolute atomic E-state index is 0.0311. The summed E-state index contributed by atoms with van der Waals surface area (Å²) in [7, 11) is 0. The van der Waals surface area contributed by atoms with Crippen molar-refractivity contribution in [3.63, 3.8) is 0 Å². The Hall–Kier alpha value is -8.34. The van der Waals surface area contributed by atoms with Gasteiger partial charge in [0.05, 0.1) is 45.8 Å². The van der Waals surface area contributed by atoms with E-state index in [0.29, 0.717) is 0 Å². The third kappa shape index (κ3) is 5.58. The number of hydrogen-bond acceptors (Lipinski definition) is 2. The second kappa shape index (κ2) is 14.6. The van der Waals surface area contributed by atoms with Crippen molar-refractivity contribution in [1.29, 1.82) is 0 Å². The van der Waals surface area contributed by atoms with Gasteiger partial charge in [-0.15, -0.1) is 0 Å². The third-order valence-electron chi connectivity index (χ3n) is 17.5. The van der Waals surface area contributed by atoms with Gasteiger partial charge in [0.2, 0.25) is 0 Å². The molecule has 4 heteroatoms. The van der Waals surface area contributed by atoms with Crippen LogP contribution in [0.25, 0.3) is 111 Å². The molecule has 344 valence electrons. The minimum Gasteiger partial charge on any atom is -0.308 e. The molecule has 12 aromatic rings. The fourth-order valence-electron chi connectivity index (χ4n) is 13.6. The van der Waals surface area contributed by atoms with Crippen molar-refractivity contribution in [2.45, 2.75) is 64.2 Å². The molecule has 2 atom stereocenters. The summed E-state index contributed by atoms with van der Waals surface area (Å²) in [6, 6.07) is 64.7. The highest BCUT2D eigenvalue weighted by molar-refractivity contribution is 6.15. The Morgan fingerprint density at radius 3 is 1.17 bits per heavy atom. The molecule has 4 aromatic heterocycles. The Balaban J connectivity index is 0.931. The van der Waals surface area contributed by atoms with Gasteiger partial charge in [0.25, 0.3) is 0 Å². The van der Waals surface area contributed by atoms with Gasteiger partial charge in [0.15, 0.2) is 0 Å². The molecule has 72 heavy (non-hydrogen) atoms. The van der Waals surface area contributed by atoms with E-state index in [9.17, 15) is 0 Å². The van der Waals surface area contributed by atoms with Gasteiger partial charge in [0.1, 0.15) is 0 Å². The van der Waals surface area contributed by atoms with Crippen LogP contribution >= 0.6 is 0 Å². The smallest absolute Gasteiger partial charge is 0.0645 e. The number of nitrogens with zero attached hydrogens (tertiary/aromatic N) is 4. The number of aromatic nitrogens is 4. The Morgan fingerprint density at radius 2 is 0.736 bits per heavy atom. The van der Waals surface area contributed by atoms with Gasteiger partial charge in [-0.2, -0.15) is 0 Å². The summed E-state index contributed by atoms with van der Waals surface area (Å²) in [6.45, 7) is 14.3. The molecule has 3 aliphatic carbocycles. The Bertz CT molecular complexity index is 4020. The number of benzene rings is 8. The number of fused-ring (bicyclic) bond motifs is 15. The molecule has 0 spiro atoms. The van der Waals surface area contributed by atoms with Crippen LogP contribution in [0, 0.1) is 0 Å². The predicted octanol–water partition coefficient (Wildman–Crippen LogP) is 17.5. The van der Waals surface area contributed by atoms with Crippen LogP contribution in [0.3, 0.4) is 0 Å². The minimum atomic E-state index is -0.0311. The van der Waals surface area contributed by atoms with Crippen molar-refractivity contribution in [1.82, 2.24) is 19.1 Å². The average Bonchev–Trinajstić information content (AvgIpc) is 4.07. The van der Waals surface area contributed by atoms with Crippen molar-refractivity contribution in [3.8, 4) is 67.0 Å². The largest absolute Gasteiger partial charge is 0.308 e. The Kier molecular flexibility index (Phi) is 8.41. The molecule has 0 aliphatic heterocycles. The maximum atomic E-state index is 4.65. The first-order chi connectivity index (χ1) is 35.0. The molecular weight excluding hydrogens is 873 g/mol. The molecule has 3 aliphatic rings. The summed E-state index contributed by atoms with van der Waals surface area (Å²) >= 11 is 0. The van der Waals surface area contributed by atoms with Crippen LogP contribution in [-0.2, 0) is 10.8 Å². The molecule has 4 heterocycles. The summed E-state index contributed by atoms with van der Waals surface area (Å²) in [4.78, 5) is 9.30. The fourth-order valence-corrected chi connectivity index (χ4v) is 13.6. The summed E-state index contributed by atoms with van der Waals surface area (Å²) in [6.07, 6.45) is 7.73. The Labute approximate surface area is 419 Å². The van der Waals surface area contributed by atoms with E-state index in [0.717, 1.165) is 11.4 Å². The summed E-state index contributed by atoms with van der Waals surface area (Å²) in [5.74, 6) is 0.575. The van der Waals surface area contributed by atoms with E-state index in [4.69, 9.17) is 0 Å². The highest BCUT2D eigenvalue weighted by Crippen LogP contribution is 2.54. The maximum absolute atomic E-state index is 4.65. The first-order valence-electron chi connectivity index (χ1n) is 25.6. The molecule has 0 bridgehead atoms. The van der Waals surface area contributed by atoms with Crippen molar-refractivity contribution in [2.75, 3.05) is 0 Å². The van der Waals surface area contributed by atoms with Crippen LogP contribution < -0.4 is 0 Å². The van der Waals surface area contributed by atoms with E-state index in [1.807, 2.05) is 36.9 Å². The van der Waals surface area contributed by atoms with E-state index < -0.39 is 0 Å². The topological polar surface area (TPSA) is 35.6 Å². The highest BCUT2D eigenvalue weighted by Gasteiger charge is 2.37. The lowest BCUT2D eigenvalue weighted by Gasteiger charge is -2.32. The van der Waals surface area contributed by atoms with Gasteiger partial charge >= 0.3 is 0 Å². The molecular formula is C68H52N4. The van der Waals surface area contributed by atoms with Gasteiger partial charge in [-0.3, -0.25) is 9.97 Å². The molecule has 0 amide bonds. The quantitative estimate of drug-likeness (QED) is 0.176. The van der Waals surface area contributed by atoms with Gasteiger partial charge in [-0.1, -0.05) is 126 Å². The number of hydrogen-bond donors (Lipinski definition) is 0. The second-order valence-electron chi connectivity index (χ2n) is 21.9. The zero-order valence-corrected chi connectivity index (χ0v) is 41.4. The normalized spacial score (nSPS) is 16.7. The Morgan fingerprint density at radius 1 is 0.347 bits per heavy atom. The van der Waals surface area contributed by atoms with Crippen LogP contribution in [0.15, 0.2) is 195 Å². The molecule has 15 rings (SSSR count). The van der Waals surface area contributed by atoms with Gasteiger partial charge in [-0.05, 0) is 186 Å². The lowest BCUT2D eigenvalue weighted by Crippen LogP contribution is -2.14. The zero-order chi connectivity index (χ0) is 48.4. The summed E-state index contributed by atoms with van der Waals surface area (Å²) in [5.41, 5.74) is 28.0. The number of pyridine rings is 2. The van der Waals surface area contributed by atoms with Crippen LogP contribution in [0.2, 0.25) is 0 Å². The van der Waals surface area contributed by atoms with E-state index in [-0.39, 0.29) is 22.7 Å². The van der Waals surface area contributed by atoms with Crippen molar-refractivity contribution in [3.05, 3.63) is 228 Å². The number of rotatable bonds is 4. The first kappa shape index (κ1) is 41.4. The van der Waals surface area contributed by atoms with Gasteiger partial charge in [-0.25, -0.2) is 0 Å². The molecule has 8 aromatic carbocycles. The van der Waals surface area contributed by atoms with E-state index in [2.05, 4.69) is 218 Å². The zero-order valence-electron chi connectivity index (χ0n) is 41.4. The van der Waals surface area contributed by atoms with Crippen molar-refractivity contribution < 1.29 is 0 Å². The molecule has 0 fully saturated rings. The van der Waals surface area contributed by atoms with E-state index in [1.165, 1.54) is 133 Å². The lowest BCUT2D eigenvalue weighted by molar-refractivity contribution is 0.617. The standard InChI is InChI=1S/C68H52N4/c1-39-40(2)50-34-58-56-32-44(42-20-24-62-54(30-42)48-16-8-10-18-60(48)68(62,5)6)22-26-64(56)72(46-14-12-28-70-38-46)66(58)36-52(50)51-35-65-57(33-49(39)51)55-31-43(21-25-63(55)71(65)45-13-11-27-69-37-45)41-19-23-61-53(29-41)47-15-7-9-17-59(47)67(61,3)4/h7-40H,1-6H3. The van der Waals surface area contributed by atoms with Crippen LogP contribution in [0.5, 0.6) is 0 Å². The molecule has 4 nitrogen and oxygen atoms in total. The molecule has 0 radical (unpaired) electrons. The molecule has 0 saturated carbocycles. The SMILES string of the molecule is CC1c2cc3c4cc(-c5ccc6c(c5)-c5ccccc5C6(C)C)ccc4n(-c4cccnc4)c3cc2-c2cc3c(cc2C1C)c1cc(-c2ccc4c(c2)-c2ccccc2C4(C)C)ccc1n3-c1cccnc1. The van der Waals surface area contributed by atoms with Gasteiger partial charge in [0, 0.05) is 44.8 Å². The maximum Gasteiger partial charge on any atom is 0.0645 e. The first-order valence-corrected chi connectivity index (χ1v) is 25.6. The predicted molar refractivity (Wildman–Crippen MR) is 299 cm³/mol.